The van der Waals surface area contributed by atoms with E-state index in [1.165, 1.54) is 12.1 Å². The van der Waals surface area contributed by atoms with Gasteiger partial charge in [-0.2, -0.15) is 0 Å². The lowest BCUT2D eigenvalue weighted by Crippen LogP contribution is -2.46. The van der Waals surface area contributed by atoms with E-state index in [0.29, 0.717) is 22.2 Å². The molecule has 13 nitrogen and oxygen atoms in total. The highest BCUT2D eigenvalue weighted by Gasteiger charge is 2.27. The normalized spacial score (nSPS) is 13.5. The van der Waals surface area contributed by atoms with E-state index >= 15 is 0 Å². The third kappa shape index (κ3) is 11.2. The molecule has 0 aliphatic carbocycles. The molecular formula is C48H52ClN7O6S2. The number of anilines is 4. The van der Waals surface area contributed by atoms with Crippen molar-refractivity contribution in [3.63, 3.8) is 0 Å². The number of aryl methyl sites for hydroxylation is 1. The van der Waals surface area contributed by atoms with Crippen LogP contribution in [0.5, 0.6) is 0 Å². The Balaban J connectivity index is 1.01. The van der Waals surface area contributed by atoms with Gasteiger partial charge in [-0.1, -0.05) is 54.1 Å². The number of halogens is 1. The van der Waals surface area contributed by atoms with Crippen molar-refractivity contribution in [2.45, 2.75) is 29.2 Å². The maximum Gasteiger partial charge on any atom is 0.355 e. The Hall–Kier alpha value is -6.00. The average molecular weight is 923 g/mol. The Bertz CT molecular complexity index is 2670. The lowest BCUT2D eigenvalue weighted by Gasteiger charge is -2.37. The number of thioether (sulfide) groups is 1. The van der Waals surface area contributed by atoms with E-state index in [-0.39, 0.29) is 28.9 Å². The number of nitrogens with one attached hydrogen (secondary N) is 2. The molecule has 1 aliphatic rings. The van der Waals surface area contributed by atoms with Gasteiger partial charge < -0.3 is 29.3 Å². The summed E-state index contributed by atoms with van der Waals surface area (Å²) in [5.41, 5.74) is 6.25. The standard InChI is InChI=1S/C48H52ClN7O6S2/c1-5-62-48(57)47-46(43(32-53(47)4)34-14-16-36(49)17-15-34)35-10-9-11-40(30-35)55-28-26-54(27-29-55)39-20-18-37(19-21-39)51-64(60,61)42-22-23-44(45(31-42)56(58)59)50-38(24-25-52(2)3)33-63-41-12-7-6-8-13-41/h6-23,30-32,38,50-51H,5,24-29,33H2,1-4H3. The number of hydrogen-bond acceptors (Lipinski definition) is 11. The van der Waals surface area contributed by atoms with Crippen LogP contribution in [0.3, 0.4) is 0 Å². The van der Waals surface area contributed by atoms with E-state index < -0.39 is 20.9 Å². The number of esters is 1. The van der Waals surface area contributed by atoms with Gasteiger partial charge >= 0.3 is 5.97 Å². The van der Waals surface area contributed by atoms with Crippen LogP contribution < -0.4 is 19.8 Å². The van der Waals surface area contributed by atoms with Crippen LogP contribution in [-0.2, 0) is 21.8 Å². The largest absolute Gasteiger partial charge is 0.461 e. The summed E-state index contributed by atoms with van der Waals surface area (Å²) >= 11 is 7.87. The number of carbonyl (C=O) groups excluding carboxylic acids is 1. The van der Waals surface area contributed by atoms with Gasteiger partial charge in [-0.25, -0.2) is 13.2 Å². The molecule has 2 N–H and O–H groups in total. The maximum atomic E-state index is 13.6. The Morgan fingerprint density at radius 3 is 2.22 bits per heavy atom. The van der Waals surface area contributed by atoms with Gasteiger partial charge in [0.15, 0.2) is 0 Å². The Kier molecular flexibility index (Phi) is 14.9. The fourth-order valence-corrected chi connectivity index (χ4v) is 9.94. The number of sulfonamides is 1. The Labute approximate surface area is 384 Å². The molecular weight excluding hydrogens is 870 g/mol. The molecule has 2 heterocycles. The summed E-state index contributed by atoms with van der Waals surface area (Å²) in [6.07, 6.45) is 2.68. The molecule has 1 fully saturated rings. The van der Waals surface area contributed by atoms with Crippen LogP contribution in [0, 0.1) is 10.1 Å². The molecule has 16 heteroatoms. The minimum Gasteiger partial charge on any atom is -0.461 e. The number of aromatic nitrogens is 1. The number of nitrogens with zero attached hydrogens (tertiary/aromatic N) is 5. The van der Waals surface area contributed by atoms with Crippen molar-refractivity contribution in [3.8, 4) is 22.3 Å². The molecule has 1 atom stereocenters. The Morgan fingerprint density at radius 2 is 1.56 bits per heavy atom. The van der Waals surface area contributed by atoms with Crippen molar-refractivity contribution < 1.29 is 22.9 Å². The summed E-state index contributed by atoms with van der Waals surface area (Å²) in [5, 5.41) is 16.2. The molecule has 1 saturated heterocycles. The molecule has 0 amide bonds. The SMILES string of the molecule is CCOC(=O)c1c(-c2cccc(N3CCN(c4ccc(NS(=O)(=O)c5ccc(NC(CCN(C)C)CSc6ccccc6)c([N+](=O)[O-])c5)cc4)CC3)c2)c(-c2ccc(Cl)cc2)cn1C. The van der Waals surface area contributed by atoms with E-state index in [1.54, 1.807) is 30.8 Å². The van der Waals surface area contributed by atoms with Gasteiger partial charge in [0, 0.05) is 95.4 Å². The average Bonchev–Trinajstić information content (AvgIpc) is 3.65. The second-order valence-electron chi connectivity index (χ2n) is 15.8. The molecule has 1 unspecified atom stereocenters. The molecule has 7 rings (SSSR count). The topological polar surface area (TPSA) is 142 Å². The van der Waals surface area contributed by atoms with Crippen LogP contribution in [0.2, 0.25) is 5.02 Å². The smallest absolute Gasteiger partial charge is 0.355 e. The maximum absolute atomic E-state index is 13.6. The second-order valence-corrected chi connectivity index (χ2v) is 19.0. The van der Waals surface area contributed by atoms with E-state index in [4.69, 9.17) is 16.3 Å². The minimum atomic E-state index is -4.16. The molecule has 0 bridgehead atoms. The van der Waals surface area contributed by atoms with Crippen LogP contribution in [0.15, 0.2) is 137 Å². The number of nitro groups is 1. The molecule has 5 aromatic carbocycles. The van der Waals surface area contributed by atoms with Crippen LogP contribution in [-0.4, -0.2) is 94.0 Å². The van der Waals surface area contributed by atoms with E-state index in [9.17, 15) is 23.3 Å². The van der Waals surface area contributed by atoms with Crippen LogP contribution in [0.1, 0.15) is 23.8 Å². The quantitative estimate of drug-likeness (QED) is 0.0368. The predicted octanol–water partition coefficient (Wildman–Crippen LogP) is 9.75. The summed E-state index contributed by atoms with van der Waals surface area (Å²) in [6.45, 7) is 5.72. The third-order valence-electron chi connectivity index (χ3n) is 11.0. The van der Waals surface area contributed by atoms with Gasteiger partial charge in [-0.3, -0.25) is 14.8 Å². The van der Waals surface area contributed by atoms with Crippen LogP contribution in [0.4, 0.5) is 28.4 Å². The molecule has 1 aromatic heterocycles. The number of rotatable bonds is 18. The highest BCUT2D eigenvalue weighted by molar-refractivity contribution is 7.99. The first kappa shape index (κ1) is 46.0. The zero-order valence-corrected chi connectivity index (χ0v) is 38.6. The lowest BCUT2D eigenvalue weighted by molar-refractivity contribution is -0.384. The van der Waals surface area contributed by atoms with Gasteiger partial charge in [0.1, 0.15) is 11.4 Å². The highest BCUT2D eigenvalue weighted by Crippen LogP contribution is 2.39. The molecule has 0 saturated carbocycles. The van der Waals surface area contributed by atoms with E-state index in [1.807, 2.05) is 111 Å². The summed E-state index contributed by atoms with van der Waals surface area (Å²) < 4.78 is 37.1. The fraction of sp³-hybridized carbons (Fsp3) is 0.271. The fourth-order valence-electron chi connectivity index (χ4n) is 7.74. The summed E-state index contributed by atoms with van der Waals surface area (Å²) in [5.74, 6) is 0.275. The molecule has 0 radical (unpaired) electrons. The minimum absolute atomic E-state index is 0.110. The first-order valence-corrected chi connectivity index (χ1v) is 23.9. The summed E-state index contributed by atoms with van der Waals surface area (Å²) in [7, 11) is 1.64. The first-order chi connectivity index (χ1) is 30.8. The highest BCUT2D eigenvalue weighted by atomic mass is 35.5. The van der Waals surface area contributed by atoms with Gasteiger partial charge in [0.05, 0.1) is 16.4 Å². The van der Waals surface area contributed by atoms with Gasteiger partial charge in [0.2, 0.25) is 0 Å². The third-order valence-corrected chi connectivity index (χ3v) is 13.8. The lowest BCUT2D eigenvalue weighted by atomic mass is 9.96. The van der Waals surface area contributed by atoms with E-state index in [2.05, 4.69) is 36.9 Å². The number of hydrogen-bond donors (Lipinski definition) is 2. The van der Waals surface area contributed by atoms with Crippen molar-refractivity contribution in [2.24, 2.45) is 7.05 Å². The summed E-state index contributed by atoms with van der Waals surface area (Å²) in [4.78, 5) is 32.5. The predicted molar refractivity (Wildman–Crippen MR) is 260 cm³/mol. The van der Waals surface area contributed by atoms with Crippen LogP contribution in [0.25, 0.3) is 22.3 Å². The van der Waals surface area contributed by atoms with Gasteiger partial charge in [0.25, 0.3) is 15.7 Å². The van der Waals surface area contributed by atoms with Crippen molar-refractivity contribution in [3.05, 3.63) is 148 Å². The number of benzene rings is 5. The van der Waals surface area contributed by atoms with Crippen molar-refractivity contribution in [1.29, 1.82) is 0 Å². The molecule has 334 valence electrons. The van der Waals surface area contributed by atoms with Crippen molar-refractivity contribution >= 4 is 67.8 Å². The van der Waals surface area contributed by atoms with Crippen molar-refractivity contribution in [2.75, 3.05) is 79.0 Å². The van der Waals surface area contributed by atoms with Crippen LogP contribution >= 0.6 is 23.4 Å². The molecule has 0 spiro atoms. The Morgan fingerprint density at radius 1 is 0.875 bits per heavy atom. The number of ether oxygens (including phenoxy) is 1. The number of carbonyl (C=O) groups is 1. The monoisotopic (exact) mass is 921 g/mol. The zero-order chi connectivity index (χ0) is 45.4. The molecule has 64 heavy (non-hydrogen) atoms. The zero-order valence-electron chi connectivity index (χ0n) is 36.2. The molecule has 1 aliphatic heterocycles. The van der Waals surface area contributed by atoms with Gasteiger partial charge in [-0.05, 0) is 118 Å². The number of piperazine rings is 1. The second kappa shape index (κ2) is 20.7. The molecule has 6 aromatic rings. The summed E-state index contributed by atoms with van der Waals surface area (Å²) in [6, 6.07) is 36.7. The van der Waals surface area contributed by atoms with Crippen molar-refractivity contribution in [1.82, 2.24) is 9.47 Å². The van der Waals surface area contributed by atoms with Gasteiger partial charge in [-0.15, -0.1) is 11.8 Å². The number of nitro benzene ring substituents is 1. The van der Waals surface area contributed by atoms with E-state index in [0.717, 1.165) is 83.7 Å². The first-order valence-electron chi connectivity index (χ1n) is 21.0.